The molecule has 2 heterocycles. The number of esters is 1. The highest BCUT2D eigenvalue weighted by Crippen LogP contribution is 2.18. The Balaban J connectivity index is 1.40. The van der Waals surface area contributed by atoms with Gasteiger partial charge in [0.15, 0.2) is 5.13 Å². The second-order valence-electron chi connectivity index (χ2n) is 6.82. The number of carbonyl (C=O) groups excluding carboxylic acids is 2. The van der Waals surface area contributed by atoms with Crippen molar-refractivity contribution < 1.29 is 14.3 Å². The lowest BCUT2D eigenvalue weighted by molar-refractivity contribution is -0.142. The number of nitrogens with one attached hydrogen (secondary N) is 1. The van der Waals surface area contributed by atoms with E-state index < -0.39 is 0 Å². The number of rotatable bonds is 8. The number of anilines is 1. The summed E-state index contributed by atoms with van der Waals surface area (Å²) >= 11 is 7.56. The summed E-state index contributed by atoms with van der Waals surface area (Å²) in [6.45, 7) is 6.68. The molecule has 156 valence electrons. The molecule has 3 rings (SSSR count). The molecule has 1 N–H and O–H groups in total. The van der Waals surface area contributed by atoms with Crippen LogP contribution in [0.5, 0.6) is 0 Å². The van der Waals surface area contributed by atoms with Gasteiger partial charge in [0.2, 0.25) is 5.91 Å². The van der Waals surface area contributed by atoms with Crippen LogP contribution < -0.4 is 5.32 Å². The van der Waals surface area contributed by atoms with Crippen molar-refractivity contribution in [3.8, 4) is 0 Å². The summed E-state index contributed by atoms with van der Waals surface area (Å²) in [6, 6.07) is 7.89. The van der Waals surface area contributed by atoms with E-state index in [2.05, 4.69) is 20.1 Å². The van der Waals surface area contributed by atoms with Gasteiger partial charge in [-0.05, 0) is 18.6 Å². The first-order valence-corrected chi connectivity index (χ1v) is 10.9. The van der Waals surface area contributed by atoms with Gasteiger partial charge < -0.3 is 10.1 Å². The minimum absolute atomic E-state index is 0.0958. The number of piperazine rings is 1. The van der Waals surface area contributed by atoms with Crippen molar-refractivity contribution >= 4 is 39.9 Å². The molecule has 9 heteroatoms. The lowest BCUT2D eigenvalue weighted by atomic mass is 10.2. The monoisotopic (exact) mass is 436 g/mol. The summed E-state index contributed by atoms with van der Waals surface area (Å²) in [5.74, 6) is -0.410. The number of hydrogen-bond acceptors (Lipinski definition) is 7. The molecule has 0 unspecified atom stereocenters. The predicted molar refractivity (Wildman–Crippen MR) is 114 cm³/mol. The summed E-state index contributed by atoms with van der Waals surface area (Å²) in [4.78, 5) is 32.6. The van der Waals surface area contributed by atoms with E-state index in [1.807, 2.05) is 24.3 Å². The van der Waals surface area contributed by atoms with Crippen LogP contribution in [0, 0.1) is 0 Å². The fraction of sp³-hybridized carbons (Fsp3) is 0.450. The first kappa shape index (κ1) is 21.7. The Labute approximate surface area is 179 Å². The molecule has 0 bridgehead atoms. The molecule has 1 saturated heterocycles. The highest BCUT2D eigenvalue weighted by molar-refractivity contribution is 7.13. The van der Waals surface area contributed by atoms with E-state index in [1.54, 1.807) is 12.3 Å². The van der Waals surface area contributed by atoms with Crippen molar-refractivity contribution in [1.82, 2.24) is 14.8 Å². The zero-order valence-corrected chi connectivity index (χ0v) is 18.0. The van der Waals surface area contributed by atoms with Crippen LogP contribution in [0.15, 0.2) is 29.6 Å². The number of benzene rings is 1. The van der Waals surface area contributed by atoms with Crippen LogP contribution >= 0.6 is 22.9 Å². The number of nitrogens with zero attached hydrogens (tertiary/aromatic N) is 3. The topological polar surface area (TPSA) is 74.8 Å². The average molecular weight is 437 g/mol. The Morgan fingerprint density at radius 1 is 1.21 bits per heavy atom. The zero-order chi connectivity index (χ0) is 20.6. The van der Waals surface area contributed by atoms with E-state index in [-0.39, 0.29) is 18.3 Å². The Bertz CT molecular complexity index is 837. The zero-order valence-electron chi connectivity index (χ0n) is 16.4. The number of amides is 1. The highest BCUT2D eigenvalue weighted by Gasteiger charge is 2.20. The van der Waals surface area contributed by atoms with Crippen molar-refractivity contribution in [3.63, 3.8) is 0 Å². The molecule has 0 spiro atoms. The van der Waals surface area contributed by atoms with Gasteiger partial charge in [-0.25, -0.2) is 4.98 Å². The number of thiazole rings is 1. The van der Waals surface area contributed by atoms with Crippen LogP contribution in [0.4, 0.5) is 5.13 Å². The standard InChI is InChI=1S/C20H25ClN4O3S/c1-2-28-19(27)11-16-14-29-20(22-16)23-18(26)13-25-9-7-24(8-10-25)12-15-5-3-4-6-17(15)21/h3-6,14H,2,7-13H2,1H3,(H,22,23,26). The molecule has 1 aromatic carbocycles. The first-order valence-electron chi connectivity index (χ1n) is 9.61. The van der Waals surface area contributed by atoms with Gasteiger partial charge >= 0.3 is 5.97 Å². The van der Waals surface area contributed by atoms with E-state index in [1.165, 1.54) is 11.3 Å². The predicted octanol–water partition coefficient (Wildman–Crippen LogP) is 2.66. The Kier molecular flexibility index (Phi) is 8.00. The van der Waals surface area contributed by atoms with Gasteiger partial charge in [-0.15, -0.1) is 11.3 Å². The van der Waals surface area contributed by atoms with Gasteiger partial charge in [0.25, 0.3) is 0 Å². The molecule has 1 amide bonds. The maximum absolute atomic E-state index is 12.3. The summed E-state index contributed by atoms with van der Waals surface area (Å²) in [5.41, 5.74) is 1.74. The lowest BCUT2D eigenvalue weighted by Crippen LogP contribution is -2.48. The van der Waals surface area contributed by atoms with E-state index in [9.17, 15) is 9.59 Å². The molecule has 0 aliphatic carbocycles. The van der Waals surface area contributed by atoms with Crippen molar-refractivity contribution in [3.05, 3.63) is 45.9 Å². The molecule has 0 atom stereocenters. The lowest BCUT2D eigenvalue weighted by Gasteiger charge is -2.34. The fourth-order valence-corrected chi connectivity index (χ4v) is 4.06. The molecule has 1 aliphatic heterocycles. The van der Waals surface area contributed by atoms with Gasteiger partial charge in [0.1, 0.15) is 0 Å². The van der Waals surface area contributed by atoms with E-state index in [0.717, 1.165) is 43.3 Å². The van der Waals surface area contributed by atoms with Gasteiger partial charge in [0.05, 0.1) is 25.3 Å². The fourth-order valence-electron chi connectivity index (χ4n) is 3.14. The van der Waals surface area contributed by atoms with Crippen LogP contribution in [-0.4, -0.2) is 66.0 Å². The number of carbonyl (C=O) groups is 2. The maximum atomic E-state index is 12.3. The minimum atomic E-state index is -0.315. The van der Waals surface area contributed by atoms with Gasteiger partial charge in [-0.1, -0.05) is 29.8 Å². The Hall–Kier alpha value is -2.00. The van der Waals surface area contributed by atoms with Crippen molar-refractivity contribution in [1.29, 1.82) is 0 Å². The third-order valence-corrected chi connectivity index (χ3v) is 5.79. The van der Waals surface area contributed by atoms with Gasteiger partial charge in [0, 0.05) is 43.1 Å². The van der Waals surface area contributed by atoms with E-state index in [4.69, 9.17) is 16.3 Å². The summed E-state index contributed by atoms with van der Waals surface area (Å²) < 4.78 is 4.91. The molecule has 1 aliphatic rings. The molecular formula is C20H25ClN4O3S. The Morgan fingerprint density at radius 3 is 2.66 bits per heavy atom. The average Bonchev–Trinajstić information content (AvgIpc) is 3.11. The van der Waals surface area contributed by atoms with E-state index in [0.29, 0.717) is 24.0 Å². The molecular weight excluding hydrogens is 412 g/mol. The minimum Gasteiger partial charge on any atom is -0.466 e. The van der Waals surface area contributed by atoms with Crippen LogP contribution in [-0.2, 0) is 27.3 Å². The SMILES string of the molecule is CCOC(=O)Cc1csc(NC(=O)CN2CCN(Cc3ccccc3Cl)CC2)n1. The van der Waals surface area contributed by atoms with Crippen LogP contribution in [0.1, 0.15) is 18.2 Å². The van der Waals surface area contributed by atoms with Crippen LogP contribution in [0.3, 0.4) is 0 Å². The molecule has 7 nitrogen and oxygen atoms in total. The second-order valence-corrected chi connectivity index (χ2v) is 8.08. The molecule has 1 fully saturated rings. The highest BCUT2D eigenvalue weighted by atomic mass is 35.5. The van der Waals surface area contributed by atoms with E-state index >= 15 is 0 Å². The van der Waals surface area contributed by atoms with Gasteiger partial charge in [-0.2, -0.15) is 0 Å². The first-order chi connectivity index (χ1) is 14.0. The smallest absolute Gasteiger partial charge is 0.311 e. The largest absolute Gasteiger partial charge is 0.466 e. The number of ether oxygens (including phenoxy) is 1. The normalized spacial score (nSPS) is 15.2. The number of hydrogen-bond donors (Lipinski definition) is 1. The third kappa shape index (κ3) is 6.78. The van der Waals surface area contributed by atoms with Crippen LogP contribution in [0.2, 0.25) is 5.02 Å². The molecule has 0 saturated carbocycles. The summed E-state index contributed by atoms with van der Waals surface area (Å²) in [7, 11) is 0. The molecule has 1 aromatic heterocycles. The van der Waals surface area contributed by atoms with Gasteiger partial charge in [-0.3, -0.25) is 19.4 Å². The molecule has 2 aromatic rings. The van der Waals surface area contributed by atoms with Crippen LogP contribution in [0.25, 0.3) is 0 Å². The van der Waals surface area contributed by atoms with Crippen molar-refractivity contribution in [2.45, 2.75) is 19.9 Å². The number of aromatic nitrogens is 1. The van der Waals surface area contributed by atoms with Crippen molar-refractivity contribution in [2.75, 3.05) is 44.6 Å². The summed E-state index contributed by atoms with van der Waals surface area (Å²) in [6.07, 6.45) is 0.119. The Morgan fingerprint density at radius 2 is 1.93 bits per heavy atom. The second kappa shape index (κ2) is 10.7. The van der Waals surface area contributed by atoms with Crippen molar-refractivity contribution in [2.24, 2.45) is 0 Å². The quantitative estimate of drug-likeness (QED) is 0.641. The molecule has 29 heavy (non-hydrogen) atoms. The third-order valence-electron chi connectivity index (χ3n) is 4.61. The summed E-state index contributed by atoms with van der Waals surface area (Å²) in [5, 5.41) is 5.88. The number of halogens is 1. The maximum Gasteiger partial charge on any atom is 0.311 e. The molecule has 0 radical (unpaired) electrons.